The molecule has 0 unspecified atom stereocenters. The van der Waals surface area contributed by atoms with Crippen LogP contribution in [0.1, 0.15) is 65.9 Å². The van der Waals surface area contributed by atoms with Crippen LogP contribution in [0.25, 0.3) is 5.69 Å². The minimum Gasteiger partial charge on any atom is -0.494 e. The van der Waals surface area contributed by atoms with Crippen molar-refractivity contribution in [3.05, 3.63) is 76.6 Å². The van der Waals surface area contributed by atoms with E-state index in [4.69, 9.17) is 16.3 Å². The number of carbonyl (C=O) groups is 2. The number of nitrogens with zero attached hydrogens (tertiary/aromatic N) is 3. The maximum absolute atomic E-state index is 13.2. The number of rotatable bonds is 7. The van der Waals surface area contributed by atoms with Crippen LogP contribution in [0.2, 0.25) is 5.02 Å². The predicted octanol–water partition coefficient (Wildman–Crippen LogP) is 5.08. The topological polar surface area (TPSA) is 76.5 Å². The molecular formula is C27H31ClN4O3. The van der Waals surface area contributed by atoms with E-state index >= 15 is 0 Å². The summed E-state index contributed by atoms with van der Waals surface area (Å²) in [5.41, 5.74) is 2.93. The fraction of sp³-hybridized carbons (Fsp3) is 0.370. The molecule has 0 atom stereocenters. The Bertz CT molecular complexity index is 1160. The average Bonchev–Trinajstić information content (AvgIpc) is 3.31. The SMILES string of the molecule is CCOc1ccc(C(=O)N2CCC(NC(=O)c3cnn(-c4ccc(Cl)cc4)c3C(C)C)CC2)cc1. The molecule has 8 heteroatoms. The molecule has 1 aliphatic rings. The Morgan fingerprint density at radius 1 is 1.09 bits per heavy atom. The first kappa shape index (κ1) is 24.8. The number of ether oxygens (including phenoxy) is 1. The third-order valence-electron chi connectivity index (χ3n) is 6.20. The van der Waals surface area contributed by atoms with E-state index in [9.17, 15) is 9.59 Å². The number of hydrogen-bond acceptors (Lipinski definition) is 4. The average molecular weight is 495 g/mol. The Morgan fingerprint density at radius 3 is 2.34 bits per heavy atom. The second kappa shape index (κ2) is 11.0. The molecule has 0 saturated carbocycles. The van der Waals surface area contributed by atoms with Gasteiger partial charge in [-0.05, 0) is 74.2 Å². The van der Waals surface area contributed by atoms with Crippen LogP contribution in [0.5, 0.6) is 5.75 Å². The van der Waals surface area contributed by atoms with E-state index in [1.807, 2.05) is 62.1 Å². The lowest BCUT2D eigenvalue weighted by molar-refractivity contribution is 0.0698. The molecule has 7 nitrogen and oxygen atoms in total. The van der Waals surface area contributed by atoms with Gasteiger partial charge in [-0.3, -0.25) is 9.59 Å². The van der Waals surface area contributed by atoms with Gasteiger partial charge in [0.1, 0.15) is 5.75 Å². The first-order valence-electron chi connectivity index (χ1n) is 12.0. The van der Waals surface area contributed by atoms with Crippen molar-refractivity contribution < 1.29 is 14.3 Å². The molecule has 35 heavy (non-hydrogen) atoms. The molecule has 0 bridgehead atoms. The summed E-state index contributed by atoms with van der Waals surface area (Å²) in [5.74, 6) is 0.725. The van der Waals surface area contributed by atoms with Crippen molar-refractivity contribution in [2.45, 2.75) is 45.6 Å². The van der Waals surface area contributed by atoms with Gasteiger partial charge in [0.2, 0.25) is 0 Å². The van der Waals surface area contributed by atoms with Crippen LogP contribution in [-0.4, -0.2) is 52.2 Å². The first-order valence-corrected chi connectivity index (χ1v) is 12.4. The van der Waals surface area contributed by atoms with E-state index < -0.39 is 0 Å². The minimum absolute atomic E-state index is 0.00385. The van der Waals surface area contributed by atoms with E-state index in [0.29, 0.717) is 48.7 Å². The summed E-state index contributed by atoms with van der Waals surface area (Å²) >= 11 is 6.02. The van der Waals surface area contributed by atoms with Crippen molar-refractivity contribution >= 4 is 23.4 Å². The molecule has 0 aliphatic carbocycles. The van der Waals surface area contributed by atoms with Gasteiger partial charge < -0.3 is 15.0 Å². The van der Waals surface area contributed by atoms with Gasteiger partial charge in [0.05, 0.1) is 29.7 Å². The lowest BCUT2D eigenvalue weighted by Gasteiger charge is -2.32. The van der Waals surface area contributed by atoms with E-state index in [1.165, 1.54) is 0 Å². The molecular weight excluding hydrogens is 464 g/mol. The summed E-state index contributed by atoms with van der Waals surface area (Å²) in [4.78, 5) is 27.9. The lowest BCUT2D eigenvalue weighted by Crippen LogP contribution is -2.46. The van der Waals surface area contributed by atoms with E-state index in [-0.39, 0.29) is 23.8 Å². The zero-order valence-corrected chi connectivity index (χ0v) is 21.1. The van der Waals surface area contributed by atoms with Gasteiger partial charge in [-0.1, -0.05) is 25.4 Å². The summed E-state index contributed by atoms with van der Waals surface area (Å²) < 4.78 is 7.25. The number of carbonyl (C=O) groups excluding carboxylic acids is 2. The van der Waals surface area contributed by atoms with Crippen molar-refractivity contribution in [1.82, 2.24) is 20.0 Å². The van der Waals surface area contributed by atoms with E-state index in [2.05, 4.69) is 10.4 Å². The fourth-order valence-corrected chi connectivity index (χ4v) is 4.54. The van der Waals surface area contributed by atoms with Crippen molar-refractivity contribution in [2.24, 2.45) is 0 Å². The molecule has 1 saturated heterocycles. The molecule has 2 amide bonds. The molecule has 2 aromatic carbocycles. The second-order valence-corrected chi connectivity index (χ2v) is 9.42. The Kier molecular flexibility index (Phi) is 7.76. The van der Waals surface area contributed by atoms with Crippen LogP contribution in [-0.2, 0) is 0 Å². The highest BCUT2D eigenvalue weighted by molar-refractivity contribution is 6.30. The van der Waals surface area contributed by atoms with Gasteiger partial charge in [-0.15, -0.1) is 0 Å². The normalized spacial score (nSPS) is 14.3. The Labute approximate surface area is 211 Å². The number of aromatic nitrogens is 2. The molecule has 0 radical (unpaired) electrons. The van der Waals surface area contributed by atoms with Gasteiger partial charge in [-0.25, -0.2) is 4.68 Å². The van der Waals surface area contributed by atoms with Crippen molar-refractivity contribution in [1.29, 1.82) is 0 Å². The van der Waals surface area contributed by atoms with Crippen LogP contribution >= 0.6 is 11.6 Å². The highest BCUT2D eigenvalue weighted by Gasteiger charge is 2.27. The van der Waals surface area contributed by atoms with Gasteiger partial charge >= 0.3 is 0 Å². The molecule has 1 fully saturated rings. The third-order valence-corrected chi connectivity index (χ3v) is 6.45. The summed E-state index contributed by atoms with van der Waals surface area (Å²) in [6.07, 6.45) is 3.04. The van der Waals surface area contributed by atoms with Gasteiger partial charge in [0, 0.05) is 29.7 Å². The van der Waals surface area contributed by atoms with Crippen molar-refractivity contribution in [2.75, 3.05) is 19.7 Å². The zero-order valence-electron chi connectivity index (χ0n) is 20.3. The maximum Gasteiger partial charge on any atom is 0.255 e. The summed E-state index contributed by atoms with van der Waals surface area (Å²) in [6.45, 7) is 7.80. The number of nitrogens with one attached hydrogen (secondary N) is 1. The number of likely N-dealkylation sites (tertiary alicyclic amines) is 1. The number of halogens is 1. The number of amides is 2. The molecule has 184 valence electrons. The van der Waals surface area contributed by atoms with E-state index in [0.717, 1.165) is 17.1 Å². The molecule has 2 heterocycles. The molecule has 0 spiro atoms. The third kappa shape index (κ3) is 5.68. The molecule has 1 aliphatic heterocycles. The minimum atomic E-state index is -0.134. The van der Waals surface area contributed by atoms with Crippen molar-refractivity contribution in [3.8, 4) is 11.4 Å². The standard InChI is InChI=1S/C27H31ClN4O3/c1-4-35-23-11-5-19(6-12-23)27(34)31-15-13-21(14-16-31)30-26(33)24-17-29-32(25(24)18(2)3)22-9-7-20(28)8-10-22/h5-12,17-18,21H,4,13-16H2,1-3H3,(H,30,33). The first-order chi connectivity index (χ1) is 16.9. The van der Waals surface area contributed by atoms with Crippen LogP contribution in [0.3, 0.4) is 0 Å². The molecule has 1 aromatic heterocycles. The Balaban J connectivity index is 1.38. The largest absolute Gasteiger partial charge is 0.494 e. The quantitative estimate of drug-likeness (QED) is 0.496. The van der Waals surface area contributed by atoms with Crippen LogP contribution in [0.4, 0.5) is 0 Å². The maximum atomic E-state index is 13.2. The van der Waals surface area contributed by atoms with Gasteiger partial charge in [0.25, 0.3) is 11.8 Å². The van der Waals surface area contributed by atoms with E-state index in [1.54, 1.807) is 23.0 Å². The van der Waals surface area contributed by atoms with Crippen LogP contribution in [0, 0.1) is 0 Å². The van der Waals surface area contributed by atoms with Crippen molar-refractivity contribution in [3.63, 3.8) is 0 Å². The number of piperidine rings is 1. The predicted molar refractivity (Wildman–Crippen MR) is 137 cm³/mol. The smallest absolute Gasteiger partial charge is 0.255 e. The Morgan fingerprint density at radius 2 is 1.74 bits per heavy atom. The zero-order chi connectivity index (χ0) is 24.9. The molecule has 3 aromatic rings. The molecule has 4 rings (SSSR count). The number of benzene rings is 2. The Hall–Kier alpha value is -3.32. The highest BCUT2D eigenvalue weighted by Crippen LogP contribution is 2.25. The van der Waals surface area contributed by atoms with Crippen LogP contribution < -0.4 is 10.1 Å². The highest BCUT2D eigenvalue weighted by atomic mass is 35.5. The second-order valence-electron chi connectivity index (χ2n) is 8.98. The summed E-state index contributed by atoms with van der Waals surface area (Å²) in [7, 11) is 0. The van der Waals surface area contributed by atoms with Gasteiger partial charge in [0.15, 0.2) is 0 Å². The number of hydrogen-bond donors (Lipinski definition) is 1. The van der Waals surface area contributed by atoms with Crippen LogP contribution in [0.15, 0.2) is 54.7 Å². The monoisotopic (exact) mass is 494 g/mol. The summed E-state index contributed by atoms with van der Waals surface area (Å²) in [6, 6.07) is 14.6. The molecule has 1 N–H and O–H groups in total. The lowest BCUT2D eigenvalue weighted by atomic mass is 10.0. The fourth-order valence-electron chi connectivity index (χ4n) is 4.41. The van der Waals surface area contributed by atoms with Gasteiger partial charge in [-0.2, -0.15) is 5.10 Å². The summed E-state index contributed by atoms with van der Waals surface area (Å²) in [5, 5.41) is 8.30.